The van der Waals surface area contributed by atoms with E-state index in [1.54, 1.807) is 0 Å². The SMILES string of the molecule is O=C(CCC1CCCO1)N(CCBr)C1CC1. The number of alkyl halides is 1. The fourth-order valence-electron chi connectivity index (χ4n) is 2.29. The molecule has 1 atom stereocenters. The van der Waals surface area contributed by atoms with Crippen LogP contribution < -0.4 is 0 Å². The summed E-state index contributed by atoms with van der Waals surface area (Å²) in [5.41, 5.74) is 0. The standard InChI is InChI=1S/C12H20BrNO2/c13-7-8-14(10-3-4-10)12(15)6-5-11-2-1-9-16-11/h10-11H,1-9H2. The first kappa shape index (κ1) is 12.4. The van der Waals surface area contributed by atoms with Gasteiger partial charge in [0.25, 0.3) is 0 Å². The van der Waals surface area contributed by atoms with E-state index in [1.165, 1.54) is 12.8 Å². The molecule has 0 radical (unpaired) electrons. The van der Waals surface area contributed by atoms with E-state index in [2.05, 4.69) is 15.9 Å². The molecule has 0 bridgehead atoms. The Hall–Kier alpha value is -0.0900. The number of nitrogens with zero attached hydrogens (tertiary/aromatic N) is 1. The number of carbonyl (C=O) groups excluding carboxylic acids is 1. The summed E-state index contributed by atoms with van der Waals surface area (Å²) < 4.78 is 5.54. The molecule has 2 aliphatic rings. The molecule has 1 saturated carbocycles. The van der Waals surface area contributed by atoms with Crippen LogP contribution in [-0.2, 0) is 9.53 Å². The van der Waals surface area contributed by atoms with Gasteiger partial charge in [0, 0.05) is 30.9 Å². The molecule has 1 amide bonds. The van der Waals surface area contributed by atoms with Crippen LogP contribution in [0.2, 0.25) is 0 Å². The van der Waals surface area contributed by atoms with Crippen LogP contribution in [0.3, 0.4) is 0 Å². The van der Waals surface area contributed by atoms with Crippen LogP contribution in [0, 0.1) is 0 Å². The van der Waals surface area contributed by atoms with Gasteiger partial charge < -0.3 is 9.64 Å². The number of rotatable bonds is 6. The summed E-state index contributed by atoms with van der Waals surface area (Å²) >= 11 is 3.41. The van der Waals surface area contributed by atoms with Crippen molar-refractivity contribution in [2.45, 2.75) is 50.7 Å². The quantitative estimate of drug-likeness (QED) is 0.703. The summed E-state index contributed by atoms with van der Waals surface area (Å²) in [6.45, 7) is 1.74. The first-order chi connectivity index (χ1) is 7.81. The second kappa shape index (κ2) is 6.01. The van der Waals surface area contributed by atoms with Crippen molar-refractivity contribution in [2.24, 2.45) is 0 Å². The first-order valence-electron chi connectivity index (χ1n) is 6.28. The minimum Gasteiger partial charge on any atom is -0.378 e. The summed E-state index contributed by atoms with van der Waals surface area (Å²) in [4.78, 5) is 14.1. The Kier molecular flexibility index (Phi) is 4.65. The van der Waals surface area contributed by atoms with Crippen molar-refractivity contribution in [3.63, 3.8) is 0 Å². The summed E-state index contributed by atoms with van der Waals surface area (Å²) in [6.07, 6.45) is 6.59. The number of halogens is 1. The van der Waals surface area contributed by atoms with Gasteiger partial charge >= 0.3 is 0 Å². The van der Waals surface area contributed by atoms with E-state index in [9.17, 15) is 4.79 Å². The minimum absolute atomic E-state index is 0.317. The average Bonchev–Trinajstić information content (AvgIpc) is 2.99. The summed E-state index contributed by atoms with van der Waals surface area (Å²) in [6, 6.07) is 0.537. The molecule has 1 aliphatic carbocycles. The molecule has 2 rings (SSSR count). The molecule has 2 fully saturated rings. The maximum Gasteiger partial charge on any atom is 0.222 e. The molecule has 4 heteroatoms. The lowest BCUT2D eigenvalue weighted by molar-refractivity contribution is -0.132. The summed E-state index contributed by atoms with van der Waals surface area (Å²) in [7, 11) is 0. The third-order valence-corrected chi connectivity index (χ3v) is 3.69. The lowest BCUT2D eigenvalue weighted by atomic mass is 10.1. The zero-order valence-corrected chi connectivity index (χ0v) is 11.2. The summed E-state index contributed by atoms with van der Waals surface area (Å²) in [5.74, 6) is 0.317. The zero-order valence-electron chi connectivity index (χ0n) is 9.66. The highest BCUT2D eigenvalue weighted by Crippen LogP contribution is 2.28. The molecular formula is C12H20BrNO2. The highest BCUT2D eigenvalue weighted by Gasteiger charge is 2.32. The number of hydrogen-bond donors (Lipinski definition) is 0. The predicted octanol–water partition coefficient (Wildman–Crippen LogP) is 2.33. The molecule has 0 spiro atoms. The first-order valence-corrected chi connectivity index (χ1v) is 7.40. The van der Waals surface area contributed by atoms with Crippen LogP contribution >= 0.6 is 15.9 Å². The van der Waals surface area contributed by atoms with Crippen molar-refractivity contribution in [3.05, 3.63) is 0 Å². The number of hydrogen-bond acceptors (Lipinski definition) is 2. The van der Waals surface area contributed by atoms with Crippen molar-refractivity contribution in [1.29, 1.82) is 0 Å². The maximum atomic E-state index is 12.0. The monoisotopic (exact) mass is 289 g/mol. The van der Waals surface area contributed by atoms with Gasteiger partial charge in [-0.25, -0.2) is 0 Å². The number of ether oxygens (including phenoxy) is 1. The molecule has 16 heavy (non-hydrogen) atoms. The molecule has 1 heterocycles. The fourth-order valence-corrected chi connectivity index (χ4v) is 2.67. The third kappa shape index (κ3) is 3.45. The van der Waals surface area contributed by atoms with Crippen LogP contribution in [0.1, 0.15) is 38.5 Å². The molecule has 0 aromatic rings. The molecule has 92 valence electrons. The van der Waals surface area contributed by atoms with Gasteiger partial charge in [-0.05, 0) is 32.1 Å². The fraction of sp³-hybridized carbons (Fsp3) is 0.917. The molecule has 0 aromatic heterocycles. The Morgan fingerprint density at radius 2 is 2.19 bits per heavy atom. The normalized spacial score (nSPS) is 24.7. The molecule has 1 saturated heterocycles. The van der Waals surface area contributed by atoms with Crippen molar-refractivity contribution in [3.8, 4) is 0 Å². The van der Waals surface area contributed by atoms with E-state index in [0.29, 0.717) is 24.5 Å². The number of amides is 1. The van der Waals surface area contributed by atoms with Gasteiger partial charge in [0.1, 0.15) is 0 Å². The Labute approximate surface area is 106 Å². The Bertz CT molecular complexity index is 237. The van der Waals surface area contributed by atoms with Crippen LogP contribution in [0.5, 0.6) is 0 Å². The molecule has 0 N–H and O–H groups in total. The van der Waals surface area contributed by atoms with E-state index in [1.807, 2.05) is 4.90 Å². The molecule has 3 nitrogen and oxygen atoms in total. The maximum absolute atomic E-state index is 12.0. The van der Waals surface area contributed by atoms with Crippen LogP contribution in [-0.4, -0.2) is 41.4 Å². The largest absolute Gasteiger partial charge is 0.378 e. The van der Waals surface area contributed by atoms with E-state index in [-0.39, 0.29) is 0 Å². The number of carbonyl (C=O) groups is 1. The Morgan fingerprint density at radius 3 is 2.75 bits per heavy atom. The van der Waals surface area contributed by atoms with Gasteiger partial charge in [0.15, 0.2) is 0 Å². The molecule has 1 unspecified atom stereocenters. The van der Waals surface area contributed by atoms with Gasteiger partial charge in [-0.2, -0.15) is 0 Å². The molecule has 1 aliphatic heterocycles. The molecule has 0 aromatic carbocycles. The van der Waals surface area contributed by atoms with E-state index >= 15 is 0 Å². The van der Waals surface area contributed by atoms with Crippen molar-refractivity contribution < 1.29 is 9.53 Å². The third-order valence-electron chi connectivity index (χ3n) is 3.34. The van der Waals surface area contributed by atoms with E-state index in [4.69, 9.17) is 4.74 Å². The second-order valence-electron chi connectivity index (χ2n) is 4.68. The molecular weight excluding hydrogens is 270 g/mol. The second-order valence-corrected chi connectivity index (χ2v) is 5.47. The van der Waals surface area contributed by atoms with Gasteiger partial charge in [-0.15, -0.1) is 0 Å². The van der Waals surface area contributed by atoms with Gasteiger partial charge in [0.05, 0.1) is 6.10 Å². The van der Waals surface area contributed by atoms with Gasteiger partial charge in [-0.3, -0.25) is 4.79 Å². The Balaban J connectivity index is 1.71. The highest BCUT2D eigenvalue weighted by atomic mass is 79.9. The van der Waals surface area contributed by atoms with Crippen LogP contribution in [0.25, 0.3) is 0 Å². The zero-order chi connectivity index (χ0) is 11.4. The lowest BCUT2D eigenvalue weighted by Crippen LogP contribution is -2.35. The summed E-state index contributed by atoms with van der Waals surface area (Å²) in [5, 5.41) is 0.884. The van der Waals surface area contributed by atoms with Crippen molar-refractivity contribution in [2.75, 3.05) is 18.5 Å². The van der Waals surface area contributed by atoms with Gasteiger partial charge in [0.2, 0.25) is 5.91 Å². The predicted molar refractivity (Wildman–Crippen MR) is 66.7 cm³/mol. The van der Waals surface area contributed by atoms with Crippen molar-refractivity contribution >= 4 is 21.8 Å². The minimum atomic E-state index is 0.317. The van der Waals surface area contributed by atoms with E-state index < -0.39 is 0 Å². The topological polar surface area (TPSA) is 29.5 Å². The van der Waals surface area contributed by atoms with Crippen molar-refractivity contribution in [1.82, 2.24) is 4.90 Å². The highest BCUT2D eigenvalue weighted by molar-refractivity contribution is 9.09. The average molecular weight is 290 g/mol. The smallest absolute Gasteiger partial charge is 0.222 e. The van der Waals surface area contributed by atoms with Gasteiger partial charge in [-0.1, -0.05) is 15.9 Å². The van der Waals surface area contributed by atoms with Crippen LogP contribution in [0.15, 0.2) is 0 Å². The lowest BCUT2D eigenvalue weighted by Gasteiger charge is -2.22. The van der Waals surface area contributed by atoms with Crippen LogP contribution in [0.4, 0.5) is 0 Å². The Morgan fingerprint density at radius 1 is 1.38 bits per heavy atom. The van der Waals surface area contributed by atoms with E-state index in [0.717, 1.165) is 37.7 Å².